The topological polar surface area (TPSA) is 82.9 Å². The van der Waals surface area contributed by atoms with Crippen LogP contribution in [-0.4, -0.2) is 11.0 Å². The maximum Gasteiger partial charge on any atom is 0.252 e. The van der Waals surface area contributed by atoms with E-state index in [1.54, 1.807) is 0 Å². The second kappa shape index (κ2) is 8.31. The Bertz CT molecular complexity index is 645. The number of azide groups is 1. The van der Waals surface area contributed by atoms with Gasteiger partial charge in [0.2, 0.25) is 0 Å². The summed E-state index contributed by atoms with van der Waals surface area (Å²) in [6.07, 6.45) is 0.381. The van der Waals surface area contributed by atoms with E-state index in [0.717, 1.165) is 17.8 Å². The summed E-state index contributed by atoms with van der Waals surface area (Å²) in [6, 6.07) is 2.31. The molecule has 8 heteroatoms. The molecule has 0 aliphatic carbocycles. The van der Waals surface area contributed by atoms with E-state index in [1.165, 1.54) is 6.07 Å². The highest BCUT2D eigenvalue weighted by atomic mass is 79.9. The predicted molar refractivity (Wildman–Crippen MR) is 87.1 cm³/mol. The van der Waals surface area contributed by atoms with Crippen molar-refractivity contribution in [3.63, 3.8) is 0 Å². The van der Waals surface area contributed by atoms with Crippen LogP contribution >= 0.6 is 27.7 Å². The third kappa shape index (κ3) is 5.12. The Morgan fingerprint density at radius 3 is 2.59 bits per heavy atom. The zero-order chi connectivity index (χ0) is 16.9. The Morgan fingerprint density at radius 1 is 1.41 bits per heavy atom. The van der Waals surface area contributed by atoms with Crippen molar-refractivity contribution in [1.29, 1.82) is 0 Å². The van der Waals surface area contributed by atoms with Crippen LogP contribution in [-0.2, 0) is 4.79 Å². The van der Waals surface area contributed by atoms with Gasteiger partial charge in [0.05, 0.1) is 5.56 Å². The highest BCUT2D eigenvalue weighted by Crippen LogP contribution is 2.33. The van der Waals surface area contributed by atoms with Gasteiger partial charge in [-0.15, -0.1) is 0 Å². The molecular weight excluding hydrogens is 373 g/mol. The average Bonchev–Trinajstić information content (AvgIpc) is 2.41. The molecule has 1 rings (SSSR count). The van der Waals surface area contributed by atoms with Crippen LogP contribution < -0.4 is 0 Å². The van der Waals surface area contributed by atoms with Crippen LogP contribution in [0, 0.1) is 17.7 Å². The SMILES string of the molecule is CC(C)C(C)CC(=O)Sc1cc(C(=O)N=[N+]=[N-])c(F)cc1Br. The molecule has 0 heterocycles. The average molecular weight is 388 g/mol. The lowest BCUT2D eigenvalue weighted by Crippen LogP contribution is -2.08. The van der Waals surface area contributed by atoms with Crippen molar-refractivity contribution in [1.82, 2.24) is 0 Å². The van der Waals surface area contributed by atoms with E-state index in [4.69, 9.17) is 5.53 Å². The van der Waals surface area contributed by atoms with Gasteiger partial charge in [0.25, 0.3) is 5.91 Å². The van der Waals surface area contributed by atoms with Gasteiger partial charge in [-0.05, 0) is 50.5 Å². The minimum Gasteiger partial charge on any atom is -0.287 e. The molecule has 22 heavy (non-hydrogen) atoms. The van der Waals surface area contributed by atoms with Crippen LogP contribution in [0.4, 0.5) is 4.39 Å². The second-order valence-electron chi connectivity index (χ2n) is 5.16. The smallest absolute Gasteiger partial charge is 0.252 e. The molecule has 1 amide bonds. The number of carbonyl (C=O) groups excluding carboxylic acids is 2. The molecule has 0 aliphatic rings. The standard InChI is InChI=1S/C14H15BrFN3O2S/c1-7(2)8(3)4-13(20)22-12-5-9(14(21)18-19-17)11(16)6-10(12)15/h5-8H,4H2,1-3H3. The Hall–Kier alpha value is -1.37. The van der Waals surface area contributed by atoms with Crippen LogP contribution in [0.15, 0.2) is 26.6 Å². The van der Waals surface area contributed by atoms with Gasteiger partial charge in [-0.1, -0.05) is 32.5 Å². The molecular formula is C14H15BrFN3O2S. The molecule has 1 atom stereocenters. The third-order valence-corrected chi connectivity index (χ3v) is 5.11. The fourth-order valence-electron chi connectivity index (χ4n) is 1.53. The van der Waals surface area contributed by atoms with Crippen molar-refractivity contribution in [2.45, 2.75) is 32.1 Å². The van der Waals surface area contributed by atoms with Crippen molar-refractivity contribution in [3.05, 3.63) is 38.4 Å². The first-order chi connectivity index (χ1) is 10.3. The van der Waals surface area contributed by atoms with E-state index in [9.17, 15) is 14.0 Å². The normalized spacial score (nSPS) is 11.9. The molecule has 5 nitrogen and oxygen atoms in total. The molecule has 0 aliphatic heterocycles. The molecule has 0 aromatic heterocycles. The van der Waals surface area contributed by atoms with Gasteiger partial charge in [-0.25, -0.2) is 4.39 Å². The van der Waals surface area contributed by atoms with Gasteiger partial charge in [0.15, 0.2) is 5.12 Å². The molecule has 0 N–H and O–H groups in total. The van der Waals surface area contributed by atoms with Gasteiger partial charge >= 0.3 is 0 Å². The van der Waals surface area contributed by atoms with Crippen molar-refractivity contribution in [3.8, 4) is 0 Å². The summed E-state index contributed by atoms with van der Waals surface area (Å²) in [5.41, 5.74) is 7.90. The zero-order valence-electron chi connectivity index (χ0n) is 12.3. The largest absolute Gasteiger partial charge is 0.287 e. The number of rotatable bonds is 5. The molecule has 0 radical (unpaired) electrons. The highest BCUT2D eigenvalue weighted by molar-refractivity contribution is 9.10. The highest BCUT2D eigenvalue weighted by Gasteiger charge is 2.18. The number of amides is 1. The first-order valence-corrected chi connectivity index (χ1v) is 8.16. The summed E-state index contributed by atoms with van der Waals surface area (Å²) >= 11 is 4.10. The second-order valence-corrected chi connectivity index (χ2v) is 7.11. The molecule has 0 fully saturated rings. The maximum atomic E-state index is 13.7. The molecule has 0 spiro atoms. The van der Waals surface area contributed by atoms with E-state index in [2.05, 4.69) is 26.0 Å². The van der Waals surface area contributed by atoms with Crippen molar-refractivity contribution < 1.29 is 14.0 Å². The van der Waals surface area contributed by atoms with Crippen LogP contribution in [0.5, 0.6) is 0 Å². The van der Waals surface area contributed by atoms with E-state index in [1.807, 2.05) is 20.8 Å². The number of nitrogens with zero attached hydrogens (tertiary/aromatic N) is 3. The Balaban J connectivity index is 3.00. The van der Waals surface area contributed by atoms with E-state index >= 15 is 0 Å². The zero-order valence-corrected chi connectivity index (χ0v) is 14.7. The van der Waals surface area contributed by atoms with Gasteiger partial charge in [-0.2, -0.15) is 0 Å². The Morgan fingerprint density at radius 2 is 2.05 bits per heavy atom. The van der Waals surface area contributed by atoms with Crippen LogP contribution in [0.3, 0.4) is 0 Å². The Labute approximate surface area is 140 Å². The van der Waals surface area contributed by atoms with Gasteiger partial charge in [0, 0.05) is 20.7 Å². The summed E-state index contributed by atoms with van der Waals surface area (Å²) in [4.78, 5) is 26.3. The van der Waals surface area contributed by atoms with Crippen molar-refractivity contribution in [2.75, 3.05) is 0 Å². The number of hydrogen-bond donors (Lipinski definition) is 0. The number of benzene rings is 1. The monoisotopic (exact) mass is 387 g/mol. The van der Waals surface area contributed by atoms with E-state index in [-0.39, 0.29) is 16.6 Å². The van der Waals surface area contributed by atoms with E-state index in [0.29, 0.717) is 21.7 Å². The van der Waals surface area contributed by atoms with Gasteiger partial charge < -0.3 is 0 Å². The minimum absolute atomic E-state index is 0.0734. The number of hydrogen-bond acceptors (Lipinski definition) is 3. The summed E-state index contributed by atoms with van der Waals surface area (Å²) in [5, 5.41) is 2.80. The quantitative estimate of drug-likeness (QED) is 0.295. The number of carbonyl (C=O) groups is 2. The van der Waals surface area contributed by atoms with Crippen LogP contribution in [0.25, 0.3) is 10.4 Å². The summed E-state index contributed by atoms with van der Waals surface area (Å²) in [6.45, 7) is 6.06. The van der Waals surface area contributed by atoms with Crippen LogP contribution in [0.1, 0.15) is 37.6 Å². The summed E-state index contributed by atoms with van der Waals surface area (Å²) < 4.78 is 14.1. The lowest BCUT2D eigenvalue weighted by atomic mass is 9.95. The summed E-state index contributed by atoms with van der Waals surface area (Å²) in [7, 11) is 0. The number of halogens is 2. The molecule has 1 aromatic rings. The first-order valence-electron chi connectivity index (χ1n) is 6.55. The number of thioether (sulfide) groups is 1. The molecule has 1 aromatic carbocycles. The van der Waals surface area contributed by atoms with Crippen molar-refractivity contribution >= 4 is 38.7 Å². The molecule has 0 saturated carbocycles. The summed E-state index contributed by atoms with van der Waals surface area (Å²) in [5.74, 6) is -1.22. The molecule has 0 saturated heterocycles. The Kier molecular flexibility index (Phi) is 7.06. The fourth-order valence-corrected chi connectivity index (χ4v) is 3.01. The lowest BCUT2D eigenvalue weighted by Gasteiger charge is -2.14. The maximum absolute atomic E-state index is 13.7. The van der Waals surface area contributed by atoms with Gasteiger partial charge in [0.1, 0.15) is 5.82 Å². The minimum atomic E-state index is -1.02. The van der Waals surface area contributed by atoms with E-state index < -0.39 is 11.7 Å². The molecule has 1 unspecified atom stereocenters. The van der Waals surface area contributed by atoms with Gasteiger partial charge in [-0.3, -0.25) is 9.59 Å². The predicted octanol–water partition coefficient (Wildman–Crippen LogP) is 5.34. The molecule has 0 bridgehead atoms. The third-order valence-electron chi connectivity index (χ3n) is 3.24. The fraction of sp³-hybridized carbons (Fsp3) is 0.429. The first kappa shape index (κ1) is 18.7. The van der Waals surface area contributed by atoms with Crippen molar-refractivity contribution in [2.24, 2.45) is 17.0 Å². The van der Waals surface area contributed by atoms with Crippen LogP contribution in [0.2, 0.25) is 0 Å². The lowest BCUT2D eigenvalue weighted by molar-refractivity contribution is -0.111. The molecule has 118 valence electrons.